The number of aromatic nitrogens is 2. The molecule has 0 amide bonds. The van der Waals surface area contributed by atoms with Crippen molar-refractivity contribution >= 4 is 0 Å². The second kappa shape index (κ2) is 3.86. The highest BCUT2D eigenvalue weighted by Gasteiger charge is 2.22. The van der Waals surface area contributed by atoms with E-state index in [4.69, 9.17) is 0 Å². The molecule has 2 heteroatoms. The van der Waals surface area contributed by atoms with Crippen LogP contribution in [-0.2, 0) is 11.8 Å². The average molecular weight is 178 g/mol. The lowest BCUT2D eigenvalue weighted by atomic mass is 9.83. The van der Waals surface area contributed by atoms with Crippen LogP contribution in [-0.4, -0.2) is 9.97 Å². The summed E-state index contributed by atoms with van der Waals surface area (Å²) in [5.41, 5.74) is 2.65. The van der Waals surface area contributed by atoms with Crippen LogP contribution in [0.15, 0.2) is 12.5 Å². The van der Waals surface area contributed by atoms with Gasteiger partial charge in [-0.25, -0.2) is 9.97 Å². The second-order valence-corrected chi connectivity index (χ2v) is 3.99. The fourth-order valence-electron chi connectivity index (χ4n) is 1.39. The zero-order valence-corrected chi connectivity index (χ0v) is 8.96. The summed E-state index contributed by atoms with van der Waals surface area (Å²) >= 11 is 0. The van der Waals surface area contributed by atoms with Crippen LogP contribution >= 0.6 is 0 Å². The molecule has 0 aliphatic rings. The molecule has 1 heterocycles. The maximum absolute atomic E-state index is 4.38. The molecule has 0 atom stereocenters. The van der Waals surface area contributed by atoms with Gasteiger partial charge in [-0.15, -0.1) is 0 Å². The van der Waals surface area contributed by atoms with Crippen LogP contribution in [0.2, 0.25) is 0 Å². The molecule has 0 aromatic carbocycles. The molecule has 1 aromatic rings. The van der Waals surface area contributed by atoms with Crippen LogP contribution in [0.25, 0.3) is 0 Å². The summed E-state index contributed by atoms with van der Waals surface area (Å²) in [4.78, 5) is 8.43. The first-order chi connectivity index (χ1) is 6.11. The van der Waals surface area contributed by atoms with Crippen molar-refractivity contribution in [1.29, 1.82) is 0 Å². The monoisotopic (exact) mass is 178 g/mol. The summed E-state index contributed by atoms with van der Waals surface area (Å²) in [6, 6.07) is 0. The van der Waals surface area contributed by atoms with E-state index in [0.29, 0.717) is 0 Å². The minimum Gasteiger partial charge on any atom is -0.245 e. The van der Waals surface area contributed by atoms with Gasteiger partial charge in [-0.3, -0.25) is 0 Å². The lowest BCUT2D eigenvalue weighted by Crippen LogP contribution is -2.20. The van der Waals surface area contributed by atoms with E-state index in [9.17, 15) is 0 Å². The highest BCUT2D eigenvalue weighted by Crippen LogP contribution is 2.27. The molecule has 0 saturated heterocycles. The van der Waals surface area contributed by atoms with Crippen LogP contribution in [0.5, 0.6) is 0 Å². The Morgan fingerprint density at radius 3 is 2.54 bits per heavy atom. The molecule has 0 unspecified atom stereocenters. The molecule has 0 bridgehead atoms. The minimum absolute atomic E-state index is 0.175. The first-order valence-electron chi connectivity index (χ1n) is 4.91. The Morgan fingerprint density at radius 1 is 1.31 bits per heavy atom. The minimum atomic E-state index is 0.175. The molecule has 0 saturated carbocycles. The molecule has 1 aromatic heterocycles. The summed E-state index contributed by atoms with van der Waals surface area (Å²) in [5.74, 6) is 0. The van der Waals surface area contributed by atoms with E-state index in [1.54, 1.807) is 6.33 Å². The van der Waals surface area contributed by atoms with E-state index in [1.165, 1.54) is 11.3 Å². The Labute approximate surface area is 80.4 Å². The van der Waals surface area contributed by atoms with Gasteiger partial charge >= 0.3 is 0 Å². The summed E-state index contributed by atoms with van der Waals surface area (Å²) in [6.45, 7) is 8.80. The van der Waals surface area contributed by atoms with E-state index in [2.05, 4.69) is 37.7 Å². The van der Waals surface area contributed by atoms with Gasteiger partial charge in [0, 0.05) is 11.6 Å². The first kappa shape index (κ1) is 10.2. The van der Waals surface area contributed by atoms with Crippen LogP contribution in [0, 0.1) is 0 Å². The molecular formula is C11H18N2. The van der Waals surface area contributed by atoms with Crippen LogP contribution in [0.4, 0.5) is 0 Å². The van der Waals surface area contributed by atoms with Crippen LogP contribution < -0.4 is 0 Å². The smallest absolute Gasteiger partial charge is 0.115 e. The average Bonchev–Trinajstić information content (AvgIpc) is 2.18. The van der Waals surface area contributed by atoms with Crippen molar-refractivity contribution < 1.29 is 0 Å². The van der Waals surface area contributed by atoms with E-state index in [0.717, 1.165) is 12.8 Å². The van der Waals surface area contributed by atoms with E-state index in [1.807, 2.05) is 6.20 Å². The highest BCUT2D eigenvalue weighted by atomic mass is 14.8. The Balaban J connectivity index is 3.12. The maximum atomic E-state index is 4.38. The summed E-state index contributed by atoms with van der Waals surface area (Å²) in [5, 5.41) is 0. The van der Waals surface area contributed by atoms with Crippen molar-refractivity contribution in [2.75, 3.05) is 0 Å². The molecular weight excluding hydrogens is 160 g/mol. The molecule has 0 spiro atoms. The van der Waals surface area contributed by atoms with Crippen molar-refractivity contribution in [3.8, 4) is 0 Å². The van der Waals surface area contributed by atoms with Crippen molar-refractivity contribution in [3.05, 3.63) is 23.8 Å². The third kappa shape index (κ3) is 2.06. The van der Waals surface area contributed by atoms with Crippen molar-refractivity contribution in [1.82, 2.24) is 9.97 Å². The van der Waals surface area contributed by atoms with Gasteiger partial charge in [-0.05, 0) is 18.4 Å². The third-order valence-electron chi connectivity index (χ3n) is 2.69. The van der Waals surface area contributed by atoms with Gasteiger partial charge in [0.1, 0.15) is 6.33 Å². The molecule has 2 nitrogen and oxygen atoms in total. The zero-order valence-electron chi connectivity index (χ0n) is 8.96. The molecule has 13 heavy (non-hydrogen) atoms. The van der Waals surface area contributed by atoms with Gasteiger partial charge in [0.15, 0.2) is 0 Å². The Morgan fingerprint density at radius 2 is 2.00 bits per heavy atom. The standard InChI is InChI=1S/C11H18N2/c1-5-9-7-12-8-13-10(9)11(3,4)6-2/h7-8H,5-6H2,1-4H3. The fraction of sp³-hybridized carbons (Fsp3) is 0.636. The SMILES string of the molecule is CCc1cncnc1C(C)(C)CC. The number of hydrogen-bond donors (Lipinski definition) is 0. The predicted octanol–water partition coefficient (Wildman–Crippen LogP) is 2.73. The summed E-state index contributed by atoms with van der Waals surface area (Å²) in [6.07, 6.45) is 5.70. The van der Waals surface area contributed by atoms with Gasteiger partial charge in [0.05, 0.1) is 5.69 Å². The number of hydrogen-bond acceptors (Lipinski definition) is 2. The first-order valence-corrected chi connectivity index (χ1v) is 4.91. The summed E-state index contributed by atoms with van der Waals surface area (Å²) < 4.78 is 0. The topological polar surface area (TPSA) is 25.8 Å². The largest absolute Gasteiger partial charge is 0.245 e. The molecule has 0 N–H and O–H groups in total. The van der Waals surface area contributed by atoms with Gasteiger partial charge in [0.2, 0.25) is 0 Å². The van der Waals surface area contributed by atoms with Gasteiger partial charge < -0.3 is 0 Å². The number of aryl methyl sites for hydroxylation is 1. The zero-order chi connectivity index (χ0) is 9.90. The molecule has 0 radical (unpaired) electrons. The van der Waals surface area contributed by atoms with Crippen LogP contribution in [0.3, 0.4) is 0 Å². The molecule has 0 fully saturated rings. The van der Waals surface area contributed by atoms with Gasteiger partial charge in [-0.1, -0.05) is 27.7 Å². The fourth-order valence-corrected chi connectivity index (χ4v) is 1.39. The lowest BCUT2D eigenvalue weighted by molar-refractivity contribution is 0.483. The molecule has 1 rings (SSSR count). The quantitative estimate of drug-likeness (QED) is 0.711. The number of rotatable bonds is 3. The van der Waals surface area contributed by atoms with Crippen molar-refractivity contribution in [2.24, 2.45) is 0 Å². The van der Waals surface area contributed by atoms with E-state index >= 15 is 0 Å². The maximum Gasteiger partial charge on any atom is 0.115 e. The lowest BCUT2D eigenvalue weighted by Gasteiger charge is -2.23. The Bertz CT molecular complexity index is 279. The second-order valence-electron chi connectivity index (χ2n) is 3.99. The molecule has 72 valence electrons. The molecule has 0 aliphatic carbocycles. The van der Waals surface area contributed by atoms with E-state index in [-0.39, 0.29) is 5.41 Å². The van der Waals surface area contributed by atoms with E-state index < -0.39 is 0 Å². The van der Waals surface area contributed by atoms with Gasteiger partial charge in [-0.2, -0.15) is 0 Å². The van der Waals surface area contributed by atoms with Gasteiger partial charge in [0.25, 0.3) is 0 Å². The van der Waals surface area contributed by atoms with Crippen molar-refractivity contribution in [3.63, 3.8) is 0 Å². The van der Waals surface area contributed by atoms with Crippen molar-refractivity contribution in [2.45, 2.75) is 46.0 Å². The Hall–Kier alpha value is -0.920. The Kier molecular flexibility index (Phi) is 3.02. The highest BCUT2D eigenvalue weighted by molar-refractivity contribution is 5.23. The predicted molar refractivity (Wildman–Crippen MR) is 54.7 cm³/mol. The molecule has 0 aliphatic heterocycles. The number of nitrogens with zero attached hydrogens (tertiary/aromatic N) is 2. The summed E-state index contributed by atoms with van der Waals surface area (Å²) in [7, 11) is 0. The third-order valence-corrected chi connectivity index (χ3v) is 2.69. The normalized spacial score (nSPS) is 11.7. The van der Waals surface area contributed by atoms with Crippen LogP contribution in [0.1, 0.15) is 45.4 Å².